The Morgan fingerprint density at radius 3 is 1.17 bits per heavy atom. The fourth-order valence-corrected chi connectivity index (χ4v) is 13.5. The molecule has 2 unspecified atom stereocenters. The predicted molar refractivity (Wildman–Crippen MR) is 336 cm³/mol. The molecule has 12 aromatic carbocycles. The number of fused-ring (bicyclic) bond motifs is 9. The molecule has 436 valence electrons. The lowest BCUT2D eigenvalue weighted by atomic mass is 9.67. The van der Waals surface area contributed by atoms with Crippen molar-refractivity contribution in [2.45, 2.75) is 10.8 Å². The Balaban J connectivity index is 0.985. The summed E-state index contributed by atoms with van der Waals surface area (Å²) in [5.74, 6) is -11.7. The third-order valence-corrected chi connectivity index (χ3v) is 17.4. The van der Waals surface area contributed by atoms with Crippen molar-refractivity contribution >= 4 is 51.2 Å². The summed E-state index contributed by atoms with van der Waals surface area (Å²) >= 11 is 0. The molecule has 0 N–H and O–H groups in total. The predicted octanol–water partition coefficient (Wildman–Crippen LogP) is 21.8. The van der Waals surface area contributed by atoms with Crippen LogP contribution in [0.5, 0.6) is 23.0 Å². The molecule has 2 aliphatic rings. The molecule has 0 amide bonds. The molecule has 2 atom stereocenters. The van der Waals surface area contributed by atoms with Gasteiger partial charge in [0.1, 0.15) is 45.8 Å². The molecule has 0 aliphatic heterocycles. The van der Waals surface area contributed by atoms with Crippen LogP contribution >= 0.6 is 0 Å². The van der Waals surface area contributed by atoms with E-state index in [9.17, 15) is 0 Å². The van der Waals surface area contributed by atoms with Crippen molar-refractivity contribution in [1.29, 1.82) is 0 Å². The highest BCUT2D eigenvalue weighted by Crippen LogP contribution is 2.61. The summed E-state index contributed by atoms with van der Waals surface area (Å²) in [7, 11) is 0. The standard InChI is InChI=1S/C78H45F8NO3/c1-3-44-17-28-51(29-18-44)88-53-32-21-46(22-33-53)77(71-65(79)42-67(81)73(83)75(71)85)61-14-8-5-11-55(61)57-36-25-48(39-63(57)77)87(50-27-38-60-59-13-7-10-16-69(59)90-70(60)41-50)49-26-37-58-56-12-6-9-15-62(56)78(64(58)40-49,72-66(80)43-68(82)74(84)76(72)86)47-23-34-54(35-24-47)89-52-30-19-45(4-2)20-31-52/h3-43H,1-2H2. The van der Waals surface area contributed by atoms with Crippen LogP contribution < -0.4 is 14.4 Å². The van der Waals surface area contributed by atoms with Crippen molar-refractivity contribution in [2.75, 3.05) is 4.90 Å². The van der Waals surface area contributed by atoms with Crippen LogP contribution in [0.3, 0.4) is 0 Å². The van der Waals surface area contributed by atoms with Gasteiger partial charge < -0.3 is 18.8 Å². The van der Waals surface area contributed by atoms with Gasteiger partial charge in [-0.05, 0) is 158 Å². The van der Waals surface area contributed by atoms with E-state index in [2.05, 4.69) is 13.2 Å². The average molecular weight is 1200 g/mol. The number of ether oxygens (including phenoxy) is 2. The second kappa shape index (κ2) is 21.3. The second-order valence-electron chi connectivity index (χ2n) is 22.2. The number of hydrogen-bond donors (Lipinski definition) is 0. The van der Waals surface area contributed by atoms with E-state index in [0.717, 1.165) is 21.9 Å². The van der Waals surface area contributed by atoms with Crippen LogP contribution in [0.1, 0.15) is 55.6 Å². The van der Waals surface area contributed by atoms with Gasteiger partial charge in [-0.1, -0.05) is 153 Å². The van der Waals surface area contributed by atoms with Crippen molar-refractivity contribution in [3.8, 4) is 45.3 Å². The number of halogens is 8. The quantitative estimate of drug-likeness (QED) is 0.0655. The molecule has 12 heteroatoms. The molecule has 0 saturated carbocycles. The van der Waals surface area contributed by atoms with E-state index in [1.54, 1.807) is 170 Å². The first-order valence-corrected chi connectivity index (χ1v) is 28.7. The Hall–Kier alpha value is -11.2. The largest absolute Gasteiger partial charge is 0.457 e. The van der Waals surface area contributed by atoms with Gasteiger partial charge in [-0.15, -0.1) is 0 Å². The van der Waals surface area contributed by atoms with E-state index >= 15 is 35.1 Å². The van der Waals surface area contributed by atoms with Crippen molar-refractivity contribution in [3.05, 3.63) is 352 Å². The Kier molecular flexibility index (Phi) is 13.1. The summed E-state index contributed by atoms with van der Waals surface area (Å²) in [6.45, 7) is 7.64. The van der Waals surface area contributed by atoms with E-state index in [4.69, 9.17) is 13.9 Å². The molecule has 2 aliphatic carbocycles. The van der Waals surface area contributed by atoms with Gasteiger partial charge >= 0.3 is 0 Å². The number of furan rings is 1. The molecule has 0 spiro atoms. The minimum Gasteiger partial charge on any atom is -0.457 e. The zero-order chi connectivity index (χ0) is 61.7. The van der Waals surface area contributed by atoms with Crippen molar-refractivity contribution < 1.29 is 49.0 Å². The van der Waals surface area contributed by atoms with Crippen LogP contribution in [0.25, 0.3) is 56.3 Å². The Bertz CT molecular complexity index is 4840. The maximum Gasteiger partial charge on any atom is 0.194 e. The van der Waals surface area contributed by atoms with Crippen LogP contribution in [-0.4, -0.2) is 0 Å². The summed E-state index contributed by atoms with van der Waals surface area (Å²) in [5.41, 5.74) is 2.13. The van der Waals surface area contributed by atoms with E-state index in [0.29, 0.717) is 96.7 Å². The summed E-state index contributed by atoms with van der Waals surface area (Å²) in [5, 5.41) is 1.61. The molecule has 0 bridgehead atoms. The highest BCUT2D eigenvalue weighted by Gasteiger charge is 2.52. The first kappa shape index (κ1) is 55.3. The van der Waals surface area contributed by atoms with Gasteiger partial charge in [0.2, 0.25) is 0 Å². The number of rotatable bonds is 13. The van der Waals surface area contributed by atoms with Gasteiger partial charge in [-0.3, -0.25) is 0 Å². The van der Waals surface area contributed by atoms with E-state index in [1.807, 2.05) is 71.6 Å². The fourth-order valence-electron chi connectivity index (χ4n) is 13.5. The van der Waals surface area contributed by atoms with Crippen LogP contribution in [0.4, 0.5) is 52.2 Å². The van der Waals surface area contributed by atoms with Gasteiger partial charge in [0.25, 0.3) is 0 Å². The number of hydrogen-bond acceptors (Lipinski definition) is 4. The lowest BCUT2D eigenvalue weighted by Gasteiger charge is -2.36. The van der Waals surface area contributed by atoms with Crippen LogP contribution in [0, 0.1) is 46.5 Å². The summed E-state index contributed by atoms with van der Waals surface area (Å²) in [4.78, 5) is 1.83. The molecule has 0 radical (unpaired) electrons. The molecular formula is C78H45F8NO3. The molecule has 15 rings (SSSR count). The fraction of sp³-hybridized carbons (Fsp3) is 0.0256. The molecule has 1 heterocycles. The smallest absolute Gasteiger partial charge is 0.194 e. The van der Waals surface area contributed by atoms with Crippen LogP contribution in [-0.2, 0) is 10.8 Å². The number of benzene rings is 12. The van der Waals surface area contributed by atoms with Crippen LogP contribution in [0.2, 0.25) is 0 Å². The summed E-state index contributed by atoms with van der Waals surface area (Å²) < 4.78 is 151. The third-order valence-electron chi connectivity index (χ3n) is 17.4. The van der Waals surface area contributed by atoms with Gasteiger partial charge in [0.15, 0.2) is 34.9 Å². The topological polar surface area (TPSA) is 34.8 Å². The van der Waals surface area contributed by atoms with Crippen molar-refractivity contribution in [2.24, 2.45) is 0 Å². The van der Waals surface area contributed by atoms with Gasteiger partial charge in [-0.2, -0.15) is 0 Å². The monoisotopic (exact) mass is 1200 g/mol. The minimum atomic E-state index is -2.05. The lowest BCUT2D eigenvalue weighted by molar-refractivity contribution is 0.416. The first-order valence-electron chi connectivity index (χ1n) is 28.7. The Labute approximate surface area is 510 Å². The number of anilines is 3. The minimum absolute atomic E-state index is 0.261. The maximum atomic E-state index is 17.4. The maximum absolute atomic E-state index is 17.4. The van der Waals surface area contributed by atoms with Crippen molar-refractivity contribution in [3.63, 3.8) is 0 Å². The Morgan fingerprint density at radius 2 is 0.711 bits per heavy atom. The lowest BCUT2D eigenvalue weighted by Crippen LogP contribution is -2.32. The van der Waals surface area contributed by atoms with Gasteiger partial charge in [0, 0.05) is 57.2 Å². The molecule has 1 aromatic heterocycles. The van der Waals surface area contributed by atoms with E-state index in [1.165, 1.54) is 0 Å². The zero-order valence-corrected chi connectivity index (χ0v) is 47.3. The molecule has 90 heavy (non-hydrogen) atoms. The number of para-hydroxylation sites is 1. The zero-order valence-electron chi connectivity index (χ0n) is 47.3. The molecular weight excluding hydrogens is 1150 g/mol. The van der Waals surface area contributed by atoms with Crippen molar-refractivity contribution in [1.82, 2.24) is 0 Å². The average Bonchev–Trinajstić information content (AvgIpc) is 1.40. The first-order chi connectivity index (χ1) is 43.8. The normalized spacial score (nSPS) is 15.3. The summed E-state index contributed by atoms with van der Waals surface area (Å²) in [6.07, 6.45) is 3.39. The Morgan fingerprint density at radius 1 is 0.333 bits per heavy atom. The highest BCUT2D eigenvalue weighted by molar-refractivity contribution is 6.06. The number of nitrogens with zero attached hydrogens (tertiary/aromatic N) is 1. The van der Waals surface area contributed by atoms with E-state index in [-0.39, 0.29) is 22.3 Å². The highest BCUT2D eigenvalue weighted by atomic mass is 19.2. The summed E-state index contributed by atoms with van der Waals surface area (Å²) in [6, 6.07) is 65.7. The SMILES string of the molecule is C=Cc1ccc(Oc2ccc(C3(c4c(F)cc(F)c(F)c4F)c4ccccc4-c4ccc(N(c5ccc6c(c5)C(c5ccc(Oc7ccc(C=C)cc7)cc5)(c5c(F)cc(F)c(F)c5F)c5ccccc5-6)c5ccc6c(c5)oc5ccccc56)cc43)cc2)cc1. The van der Waals surface area contributed by atoms with E-state index < -0.39 is 68.5 Å². The van der Waals surface area contributed by atoms with Gasteiger partial charge in [-0.25, -0.2) is 35.1 Å². The molecule has 4 nitrogen and oxygen atoms in total. The van der Waals surface area contributed by atoms with Crippen LogP contribution in [0.15, 0.2) is 254 Å². The molecule has 0 fully saturated rings. The second-order valence-corrected chi connectivity index (χ2v) is 22.2. The molecule has 13 aromatic rings. The third kappa shape index (κ3) is 8.42. The van der Waals surface area contributed by atoms with Gasteiger partial charge in [0.05, 0.1) is 10.8 Å². The molecule has 0 saturated heterocycles.